The zero-order valence-corrected chi connectivity index (χ0v) is 19.2. The first kappa shape index (κ1) is 22.5. The van der Waals surface area contributed by atoms with E-state index < -0.39 is 10.0 Å². The molecule has 7 nitrogen and oxygen atoms in total. The van der Waals surface area contributed by atoms with Gasteiger partial charge in [0.05, 0.1) is 10.9 Å². The standard InChI is InChI=1S/C24H29N3O4S/c1-16-14-19-15-20(10-11-23(19)27(16)17(2)28)32(30,31)25-13-12-24(29)26-22-9-5-7-18-6-3-4-8-21(18)22/h3-4,6,8,10-11,15-16,22,25H,5,7,9,12-14H2,1-2H3,(H,26,29)/t16-,22+/m1/s1. The summed E-state index contributed by atoms with van der Waals surface area (Å²) in [7, 11) is -3.75. The molecule has 0 unspecified atom stereocenters. The molecule has 2 N–H and O–H groups in total. The van der Waals surface area contributed by atoms with Crippen molar-refractivity contribution in [3.8, 4) is 0 Å². The zero-order valence-electron chi connectivity index (χ0n) is 18.4. The second-order valence-corrected chi connectivity index (χ2v) is 10.4. The fourth-order valence-corrected chi connectivity index (χ4v) is 5.89. The number of nitrogens with zero attached hydrogens (tertiary/aromatic N) is 1. The Labute approximate surface area is 189 Å². The smallest absolute Gasteiger partial charge is 0.240 e. The fraction of sp³-hybridized carbons (Fsp3) is 0.417. The Morgan fingerprint density at radius 1 is 1.12 bits per heavy atom. The van der Waals surface area contributed by atoms with Crippen molar-refractivity contribution in [2.75, 3.05) is 11.4 Å². The Bertz CT molecular complexity index is 1150. The Morgan fingerprint density at radius 2 is 1.91 bits per heavy atom. The molecule has 2 atom stereocenters. The van der Waals surface area contributed by atoms with Gasteiger partial charge in [-0.2, -0.15) is 0 Å². The van der Waals surface area contributed by atoms with Crippen LogP contribution in [-0.2, 0) is 32.5 Å². The number of hydrogen-bond acceptors (Lipinski definition) is 4. The minimum Gasteiger partial charge on any atom is -0.349 e. The minimum absolute atomic E-state index is 0.00188. The molecule has 0 fully saturated rings. The Balaban J connectivity index is 1.35. The van der Waals surface area contributed by atoms with E-state index in [1.807, 2.05) is 25.1 Å². The Hall–Kier alpha value is -2.71. The molecule has 4 rings (SSSR count). The molecule has 32 heavy (non-hydrogen) atoms. The summed E-state index contributed by atoms with van der Waals surface area (Å²) < 4.78 is 28.0. The molecule has 2 amide bonds. The van der Waals surface area contributed by atoms with Crippen molar-refractivity contribution in [2.24, 2.45) is 0 Å². The number of amides is 2. The quantitative estimate of drug-likeness (QED) is 0.700. The summed E-state index contributed by atoms with van der Waals surface area (Å²) in [6.07, 6.45) is 3.61. The molecular formula is C24H29N3O4S. The summed E-state index contributed by atoms with van der Waals surface area (Å²) in [6, 6.07) is 12.9. The van der Waals surface area contributed by atoms with Crippen LogP contribution in [0.2, 0.25) is 0 Å². The van der Waals surface area contributed by atoms with Gasteiger partial charge in [-0.25, -0.2) is 13.1 Å². The molecule has 0 spiro atoms. The van der Waals surface area contributed by atoms with Crippen LogP contribution < -0.4 is 14.9 Å². The van der Waals surface area contributed by atoms with Crippen LogP contribution in [0.15, 0.2) is 47.4 Å². The lowest BCUT2D eigenvalue weighted by molar-refractivity contribution is -0.121. The number of nitrogens with one attached hydrogen (secondary N) is 2. The molecule has 2 aromatic carbocycles. The van der Waals surface area contributed by atoms with Crippen molar-refractivity contribution in [1.82, 2.24) is 10.0 Å². The van der Waals surface area contributed by atoms with Crippen LogP contribution >= 0.6 is 0 Å². The first-order valence-corrected chi connectivity index (χ1v) is 12.5. The highest BCUT2D eigenvalue weighted by Gasteiger charge is 2.30. The zero-order chi connectivity index (χ0) is 22.9. The van der Waals surface area contributed by atoms with Crippen molar-refractivity contribution in [1.29, 1.82) is 0 Å². The maximum atomic E-state index is 12.7. The molecule has 2 aliphatic rings. The van der Waals surface area contributed by atoms with E-state index in [1.54, 1.807) is 17.0 Å². The van der Waals surface area contributed by atoms with E-state index in [9.17, 15) is 18.0 Å². The number of carbonyl (C=O) groups is 2. The third-order valence-electron chi connectivity index (χ3n) is 6.26. The summed E-state index contributed by atoms with van der Waals surface area (Å²) in [5.41, 5.74) is 4.01. The highest BCUT2D eigenvalue weighted by molar-refractivity contribution is 7.89. The van der Waals surface area contributed by atoms with Gasteiger partial charge in [0.1, 0.15) is 0 Å². The average molecular weight is 456 g/mol. The first-order chi connectivity index (χ1) is 15.3. The highest BCUT2D eigenvalue weighted by atomic mass is 32.2. The molecule has 0 radical (unpaired) electrons. The first-order valence-electron chi connectivity index (χ1n) is 11.1. The number of benzene rings is 2. The van der Waals surface area contributed by atoms with Crippen molar-refractivity contribution >= 4 is 27.5 Å². The van der Waals surface area contributed by atoms with Gasteiger partial charge in [0.2, 0.25) is 21.8 Å². The molecule has 0 saturated heterocycles. The largest absolute Gasteiger partial charge is 0.349 e. The molecule has 2 aromatic rings. The monoisotopic (exact) mass is 455 g/mol. The van der Waals surface area contributed by atoms with Gasteiger partial charge in [0, 0.05) is 31.6 Å². The van der Waals surface area contributed by atoms with Gasteiger partial charge in [-0.05, 0) is 67.5 Å². The fourth-order valence-electron chi connectivity index (χ4n) is 4.81. The Morgan fingerprint density at radius 3 is 2.69 bits per heavy atom. The van der Waals surface area contributed by atoms with Gasteiger partial charge >= 0.3 is 0 Å². The van der Waals surface area contributed by atoms with Crippen molar-refractivity contribution in [3.05, 3.63) is 59.2 Å². The number of fused-ring (bicyclic) bond motifs is 2. The SMILES string of the molecule is CC(=O)N1c2ccc(S(=O)(=O)NCCC(=O)N[C@H]3CCCc4ccccc43)cc2C[C@H]1C. The van der Waals surface area contributed by atoms with Crippen LogP contribution in [0.4, 0.5) is 5.69 Å². The second kappa shape index (κ2) is 9.03. The number of aryl methyl sites for hydroxylation is 1. The van der Waals surface area contributed by atoms with Gasteiger partial charge < -0.3 is 10.2 Å². The van der Waals surface area contributed by atoms with E-state index in [0.29, 0.717) is 6.42 Å². The summed E-state index contributed by atoms with van der Waals surface area (Å²) >= 11 is 0. The van der Waals surface area contributed by atoms with E-state index in [0.717, 1.165) is 36.1 Å². The van der Waals surface area contributed by atoms with Crippen LogP contribution in [0.1, 0.15) is 55.8 Å². The molecule has 1 aliphatic carbocycles. The molecule has 1 aliphatic heterocycles. The molecule has 8 heteroatoms. The number of carbonyl (C=O) groups excluding carboxylic acids is 2. The van der Waals surface area contributed by atoms with E-state index >= 15 is 0 Å². The van der Waals surface area contributed by atoms with Gasteiger partial charge in [-0.1, -0.05) is 24.3 Å². The van der Waals surface area contributed by atoms with Crippen LogP contribution in [0, 0.1) is 0 Å². The number of hydrogen-bond donors (Lipinski definition) is 2. The predicted molar refractivity (Wildman–Crippen MR) is 123 cm³/mol. The molecule has 0 bridgehead atoms. The third kappa shape index (κ3) is 4.56. The van der Waals surface area contributed by atoms with Gasteiger partial charge in [0.15, 0.2) is 0 Å². The van der Waals surface area contributed by atoms with E-state index in [1.165, 1.54) is 18.6 Å². The van der Waals surface area contributed by atoms with E-state index in [-0.39, 0.29) is 41.8 Å². The molecule has 170 valence electrons. The lowest BCUT2D eigenvalue weighted by atomic mass is 9.88. The van der Waals surface area contributed by atoms with Crippen molar-refractivity contribution in [3.63, 3.8) is 0 Å². The second-order valence-electron chi connectivity index (χ2n) is 8.59. The van der Waals surface area contributed by atoms with Crippen LogP contribution in [0.5, 0.6) is 0 Å². The topological polar surface area (TPSA) is 95.6 Å². The lowest BCUT2D eigenvalue weighted by Gasteiger charge is -2.26. The summed E-state index contributed by atoms with van der Waals surface area (Å²) in [4.78, 5) is 26.2. The lowest BCUT2D eigenvalue weighted by Crippen LogP contribution is -2.34. The number of anilines is 1. The molecule has 0 saturated carbocycles. The summed E-state index contributed by atoms with van der Waals surface area (Å²) in [6.45, 7) is 3.47. The van der Waals surface area contributed by atoms with Crippen LogP contribution in [0.3, 0.4) is 0 Å². The predicted octanol–water partition coefficient (Wildman–Crippen LogP) is 2.85. The summed E-state index contributed by atoms with van der Waals surface area (Å²) in [5.74, 6) is -0.231. The van der Waals surface area contributed by atoms with Gasteiger partial charge in [-0.3, -0.25) is 9.59 Å². The minimum atomic E-state index is -3.75. The normalized spacial score (nSPS) is 19.9. The summed E-state index contributed by atoms with van der Waals surface area (Å²) in [5, 5.41) is 3.04. The van der Waals surface area contributed by atoms with E-state index in [2.05, 4.69) is 16.1 Å². The van der Waals surface area contributed by atoms with Gasteiger partial charge in [0.25, 0.3) is 0 Å². The molecule has 1 heterocycles. The van der Waals surface area contributed by atoms with Crippen molar-refractivity contribution < 1.29 is 18.0 Å². The average Bonchev–Trinajstić information content (AvgIpc) is 3.09. The van der Waals surface area contributed by atoms with Gasteiger partial charge in [-0.15, -0.1) is 0 Å². The number of rotatable bonds is 6. The maximum Gasteiger partial charge on any atom is 0.240 e. The maximum absolute atomic E-state index is 12.7. The van der Waals surface area contributed by atoms with E-state index in [4.69, 9.17) is 0 Å². The van der Waals surface area contributed by atoms with Crippen LogP contribution in [-0.4, -0.2) is 32.8 Å². The molecular weight excluding hydrogens is 426 g/mol. The van der Waals surface area contributed by atoms with Crippen LogP contribution in [0.25, 0.3) is 0 Å². The Kier molecular flexibility index (Phi) is 6.35. The van der Waals surface area contributed by atoms with Crippen molar-refractivity contribution in [2.45, 2.75) is 62.9 Å². The third-order valence-corrected chi connectivity index (χ3v) is 7.72. The molecule has 0 aromatic heterocycles. The number of sulfonamides is 1. The highest BCUT2D eigenvalue weighted by Crippen LogP contribution is 2.34.